The maximum absolute atomic E-state index is 13.5. The number of rotatable bonds is 5. The van der Waals surface area contributed by atoms with Crippen LogP contribution in [0.5, 0.6) is 0 Å². The Hall–Kier alpha value is -1.95. The van der Waals surface area contributed by atoms with Gasteiger partial charge >= 0.3 is 12.2 Å². The molecule has 1 aromatic rings. The number of benzene rings is 1. The number of halogens is 4. The lowest BCUT2D eigenvalue weighted by Gasteiger charge is -2.53. The van der Waals surface area contributed by atoms with Crippen molar-refractivity contribution in [2.24, 2.45) is 5.41 Å². The van der Waals surface area contributed by atoms with Crippen LogP contribution in [0, 0.1) is 11.2 Å². The van der Waals surface area contributed by atoms with E-state index in [9.17, 15) is 27.5 Å². The van der Waals surface area contributed by atoms with E-state index in [0.29, 0.717) is 18.7 Å². The zero-order valence-corrected chi connectivity index (χ0v) is 19.4. The van der Waals surface area contributed by atoms with Crippen LogP contribution in [0.25, 0.3) is 0 Å². The summed E-state index contributed by atoms with van der Waals surface area (Å²) >= 11 is 0. The second-order valence-corrected chi connectivity index (χ2v) is 9.24. The Morgan fingerprint density at radius 2 is 1.76 bits per heavy atom. The van der Waals surface area contributed by atoms with Gasteiger partial charge in [0.05, 0.1) is 18.3 Å². The lowest BCUT2D eigenvalue weighted by Crippen LogP contribution is -2.75. The number of aliphatic hydroxyl groups is 1. The van der Waals surface area contributed by atoms with E-state index in [1.165, 1.54) is 25.7 Å². The summed E-state index contributed by atoms with van der Waals surface area (Å²) in [5, 5.41) is 24.5. The smallest absolute Gasteiger partial charge is 0.395 e. The van der Waals surface area contributed by atoms with Gasteiger partial charge in [0.2, 0.25) is 0 Å². The third-order valence-electron chi connectivity index (χ3n) is 6.99. The second kappa shape index (κ2) is 11.7. The molecule has 6 N–H and O–H groups in total. The quantitative estimate of drug-likeness (QED) is 0.353. The van der Waals surface area contributed by atoms with Crippen LogP contribution in [0.2, 0.25) is 0 Å². The number of carbonyl (C=O) groups excluding carboxylic acids is 1. The molecule has 1 spiro atoms. The Morgan fingerprint density at radius 3 is 2.38 bits per heavy atom. The molecule has 34 heavy (non-hydrogen) atoms. The maximum atomic E-state index is 13.5. The number of anilines is 1. The zero-order valence-electron chi connectivity index (χ0n) is 19.4. The van der Waals surface area contributed by atoms with Crippen LogP contribution >= 0.6 is 0 Å². The van der Waals surface area contributed by atoms with Crippen molar-refractivity contribution in [3.8, 4) is 0 Å². The van der Waals surface area contributed by atoms with Gasteiger partial charge in [0.25, 0.3) is 0 Å². The van der Waals surface area contributed by atoms with Crippen LogP contribution in [-0.4, -0.2) is 42.8 Å². The minimum atomic E-state index is -4.86. The summed E-state index contributed by atoms with van der Waals surface area (Å²) < 4.78 is 52.4. The standard InChI is InChI=1S/C23H35F4N5O2/c1-15-22(10-6-4-2-3-5-7-11-22)19(28-12-13-33)31-20(29-15)32-21(34)30-16-8-9-18(24)17(14-16)23(25,26)27/h8-9,14-15,19-20,28-29,31,33H,2-7,10-13H2,1H3,(H2,30,32,34). The Kier molecular flexibility index (Phi) is 9.14. The number of nitrogens with one attached hydrogen (secondary N) is 5. The van der Waals surface area contributed by atoms with E-state index in [1.807, 2.05) is 0 Å². The van der Waals surface area contributed by atoms with E-state index >= 15 is 0 Å². The normalized spacial score (nSPS) is 25.8. The molecule has 3 atom stereocenters. The number of amides is 2. The van der Waals surface area contributed by atoms with Crippen LogP contribution in [0.3, 0.4) is 0 Å². The monoisotopic (exact) mass is 489 g/mol. The topological polar surface area (TPSA) is 97.5 Å². The fourth-order valence-electron chi connectivity index (χ4n) is 5.18. The molecule has 0 aromatic heterocycles. The van der Waals surface area contributed by atoms with Crippen molar-refractivity contribution in [1.29, 1.82) is 0 Å². The first-order chi connectivity index (χ1) is 16.2. The fraction of sp³-hybridized carbons (Fsp3) is 0.696. The molecular weight excluding hydrogens is 454 g/mol. The summed E-state index contributed by atoms with van der Waals surface area (Å²) in [7, 11) is 0. The molecule has 0 bridgehead atoms. The summed E-state index contributed by atoms with van der Waals surface area (Å²) in [6.07, 6.45) is 3.26. The lowest BCUT2D eigenvalue weighted by atomic mass is 9.69. The predicted molar refractivity (Wildman–Crippen MR) is 121 cm³/mol. The molecule has 1 aliphatic heterocycles. The number of alkyl halides is 3. The van der Waals surface area contributed by atoms with Crippen molar-refractivity contribution >= 4 is 11.7 Å². The molecule has 3 rings (SSSR count). The van der Waals surface area contributed by atoms with Gasteiger partial charge in [0.1, 0.15) is 12.1 Å². The molecule has 3 unspecified atom stereocenters. The molecule has 1 aromatic carbocycles. The van der Waals surface area contributed by atoms with Crippen LogP contribution < -0.4 is 26.6 Å². The first kappa shape index (κ1) is 26.7. The molecular formula is C23H35F4N5O2. The van der Waals surface area contributed by atoms with Gasteiger partial charge in [-0.05, 0) is 38.0 Å². The Bertz CT molecular complexity index is 813. The predicted octanol–water partition coefficient (Wildman–Crippen LogP) is 3.86. The molecule has 1 saturated carbocycles. The van der Waals surface area contributed by atoms with Gasteiger partial charge in [0, 0.05) is 23.7 Å². The van der Waals surface area contributed by atoms with Gasteiger partial charge in [-0.2, -0.15) is 13.2 Å². The summed E-state index contributed by atoms with van der Waals surface area (Å²) in [6.45, 7) is 2.44. The van der Waals surface area contributed by atoms with Crippen molar-refractivity contribution in [1.82, 2.24) is 21.3 Å². The van der Waals surface area contributed by atoms with E-state index < -0.39 is 29.9 Å². The van der Waals surface area contributed by atoms with E-state index in [4.69, 9.17) is 0 Å². The molecule has 1 heterocycles. The van der Waals surface area contributed by atoms with E-state index in [1.54, 1.807) is 0 Å². The Morgan fingerprint density at radius 1 is 1.12 bits per heavy atom. The van der Waals surface area contributed by atoms with Crippen LogP contribution in [-0.2, 0) is 6.18 Å². The third kappa shape index (κ3) is 6.59. The van der Waals surface area contributed by atoms with E-state index in [2.05, 4.69) is 33.5 Å². The van der Waals surface area contributed by atoms with Gasteiger partial charge in [-0.1, -0.05) is 38.5 Å². The summed E-state index contributed by atoms with van der Waals surface area (Å²) in [5.74, 6) is -1.40. The number of aliphatic hydroxyl groups excluding tert-OH is 1. The van der Waals surface area contributed by atoms with Crippen LogP contribution in [0.15, 0.2) is 18.2 Å². The molecule has 11 heteroatoms. The molecule has 192 valence electrons. The highest BCUT2D eigenvalue weighted by molar-refractivity contribution is 5.89. The molecule has 7 nitrogen and oxygen atoms in total. The lowest BCUT2D eigenvalue weighted by molar-refractivity contribution is -0.139. The minimum Gasteiger partial charge on any atom is -0.395 e. The number of hydrogen-bond donors (Lipinski definition) is 6. The summed E-state index contributed by atoms with van der Waals surface area (Å²) in [5.41, 5.74) is -1.73. The fourth-order valence-corrected chi connectivity index (χ4v) is 5.18. The number of urea groups is 1. The van der Waals surface area contributed by atoms with Gasteiger partial charge in [-0.25, -0.2) is 9.18 Å². The van der Waals surface area contributed by atoms with Crippen molar-refractivity contribution < 1.29 is 27.5 Å². The van der Waals surface area contributed by atoms with Gasteiger partial charge in [0.15, 0.2) is 0 Å². The minimum absolute atomic E-state index is 0.0241. The Balaban J connectivity index is 1.69. The van der Waals surface area contributed by atoms with Gasteiger partial charge in [-0.3, -0.25) is 16.0 Å². The number of hydrogen-bond acceptors (Lipinski definition) is 5. The highest BCUT2D eigenvalue weighted by atomic mass is 19.4. The summed E-state index contributed by atoms with van der Waals surface area (Å²) in [6, 6.07) is 1.61. The van der Waals surface area contributed by atoms with Gasteiger partial charge < -0.3 is 15.7 Å². The van der Waals surface area contributed by atoms with Crippen molar-refractivity contribution in [2.75, 3.05) is 18.5 Å². The van der Waals surface area contributed by atoms with E-state index in [0.717, 1.165) is 31.7 Å². The third-order valence-corrected chi connectivity index (χ3v) is 6.99. The van der Waals surface area contributed by atoms with Crippen LogP contribution in [0.1, 0.15) is 63.9 Å². The number of carbonyl (C=O) groups is 1. The molecule has 1 saturated heterocycles. The van der Waals surface area contributed by atoms with Gasteiger partial charge in [-0.15, -0.1) is 0 Å². The van der Waals surface area contributed by atoms with Crippen molar-refractivity contribution in [3.63, 3.8) is 0 Å². The average Bonchev–Trinajstić information content (AvgIpc) is 2.89. The molecule has 2 fully saturated rings. The van der Waals surface area contributed by atoms with Crippen molar-refractivity contribution in [2.45, 2.75) is 83.0 Å². The second-order valence-electron chi connectivity index (χ2n) is 9.24. The molecule has 1 aliphatic carbocycles. The molecule has 0 radical (unpaired) electrons. The first-order valence-corrected chi connectivity index (χ1v) is 12.0. The van der Waals surface area contributed by atoms with Crippen LogP contribution in [0.4, 0.5) is 28.0 Å². The maximum Gasteiger partial charge on any atom is 0.419 e. The average molecular weight is 490 g/mol. The SMILES string of the molecule is CC1NC(NC(=O)Nc2ccc(F)c(C(F)(F)F)c2)NC(NCCO)C12CCCCCCCC2. The summed E-state index contributed by atoms with van der Waals surface area (Å²) in [4.78, 5) is 12.5. The largest absolute Gasteiger partial charge is 0.419 e. The molecule has 2 aliphatic rings. The first-order valence-electron chi connectivity index (χ1n) is 12.0. The highest BCUT2D eigenvalue weighted by Gasteiger charge is 2.47. The molecule has 2 amide bonds. The van der Waals surface area contributed by atoms with E-state index in [-0.39, 0.29) is 29.9 Å². The Labute approximate surface area is 197 Å². The zero-order chi connectivity index (χ0) is 24.8. The van der Waals surface area contributed by atoms with Crippen molar-refractivity contribution in [3.05, 3.63) is 29.6 Å². The highest BCUT2D eigenvalue weighted by Crippen LogP contribution is 2.41.